The van der Waals surface area contributed by atoms with Gasteiger partial charge in [0.25, 0.3) is 0 Å². The molecule has 1 aromatic rings. The fourth-order valence-corrected chi connectivity index (χ4v) is 1.70. The molecule has 1 aromatic carbocycles. The van der Waals surface area contributed by atoms with Gasteiger partial charge in [-0.3, -0.25) is 9.59 Å². The Labute approximate surface area is 127 Å². The number of anilines is 2. The van der Waals surface area contributed by atoms with Crippen molar-refractivity contribution in [3.8, 4) is 0 Å². The number of alkyl halides is 3. The van der Waals surface area contributed by atoms with E-state index >= 15 is 0 Å². The molecule has 22 heavy (non-hydrogen) atoms. The highest BCUT2D eigenvalue weighted by atomic mass is 19.4. The van der Waals surface area contributed by atoms with Crippen LogP contribution in [0.1, 0.15) is 33.1 Å². The van der Waals surface area contributed by atoms with E-state index in [1.807, 2.05) is 13.8 Å². The van der Waals surface area contributed by atoms with E-state index in [9.17, 15) is 22.8 Å². The van der Waals surface area contributed by atoms with Crippen molar-refractivity contribution in [2.24, 2.45) is 5.92 Å². The number of hydrogen-bond donors (Lipinski definition) is 2. The lowest BCUT2D eigenvalue weighted by Gasteiger charge is -2.09. The number of rotatable bonds is 6. The predicted molar refractivity (Wildman–Crippen MR) is 78.4 cm³/mol. The molecule has 0 aliphatic heterocycles. The molecular formula is C15H19F3N2O2. The van der Waals surface area contributed by atoms with Crippen molar-refractivity contribution < 1.29 is 22.8 Å². The fourth-order valence-electron chi connectivity index (χ4n) is 1.70. The Balaban J connectivity index is 2.48. The second-order valence-corrected chi connectivity index (χ2v) is 5.39. The first kappa shape index (κ1) is 18.0. The van der Waals surface area contributed by atoms with Crippen LogP contribution in [0.25, 0.3) is 0 Å². The maximum atomic E-state index is 12.0. The topological polar surface area (TPSA) is 58.2 Å². The zero-order chi connectivity index (χ0) is 16.8. The van der Waals surface area contributed by atoms with Crippen molar-refractivity contribution in [2.75, 3.05) is 10.6 Å². The molecule has 0 aromatic heterocycles. The van der Waals surface area contributed by atoms with E-state index in [2.05, 4.69) is 10.6 Å². The molecule has 0 bridgehead atoms. The average molecular weight is 316 g/mol. The third-order valence-electron chi connectivity index (χ3n) is 2.68. The van der Waals surface area contributed by atoms with Gasteiger partial charge in [-0.2, -0.15) is 13.2 Å². The fraction of sp³-hybridized carbons (Fsp3) is 0.467. The molecule has 0 spiro atoms. The number of carbonyl (C=O) groups excluding carboxylic acids is 2. The average Bonchev–Trinajstić information content (AvgIpc) is 2.37. The molecule has 0 unspecified atom stereocenters. The second kappa shape index (κ2) is 7.82. The van der Waals surface area contributed by atoms with E-state index in [-0.39, 0.29) is 11.8 Å². The molecule has 2 N–H and O–H groups in total. The van der Waals surface area contributed by atoms with Crippen LogP contribution in [0.4, 0.5) is 24.5 Å². The molecule has 0 atom stereocenters. The first-order valence-electron chi connectivity index (χ1n) is 6.92. The van der Waals surface area contributed by atoms with Crippen molar-refractivity contribution in [3.63, 3.8) is 0 Å². The molecule has 7 heteroatoms. The molecular weight excluding hydrogens is 297 g/mol. The Kier molecular flexibility index (Phi) is 6.39. The van der Waals surface area contributed by atoms with Gasteiger partial charge in [0.05, 0.1) is 6.42 Å². The van der Waals surface area contributed by atoms with Gasteiger partial charge in [-0.15, -0.1) is 0 Å². The van der Waals surface area contributed by atoms with Crippen LogP contribution in [-0.2, 0) is 9.59 Å². The first-order valence-corrected chi connectivity index (χ1v) is 6.92. The minimum atomic E-state index is -4.35. The molecule has 0 radical (unpaired) electrons. The van der Waals surface area contributed by atoms with Crippen LogP contribution in [0, 0.1) is 5.92 Å². The normalized spacial score (nSPS) is 11.4. The molecule has 0 saturated carbocycles. The summed E-state index contributed by atoms with van der Waals surface area (Å²) in [5.74, 6) is -0.571. The first-order chi connectivity index (χ1) is 10.2. The van der Waals surface area contributed by atoms with Crippen LogP contribution >= 0.6 is 0 Å². The van der Waals surface area contributed by atoms with E-state index in [0.717, 1.165) is 0 Å². The summed E-state index contributed by atoms with van der Waals surface area (Å²) in [6, 6.07) is 6.21. The molecule has 1 rings (SSSR count). The highest BCUT2D eigenvalue weighted by molar-refractivity contribution is 5.93. The quantitative estimate of drug-likeness (QED) is 0.835. The highest BCUT2D eigenvalue weighted by Gasteiger charge is 2.27. The largest absolute Gasteiger partial charge is 0.389 e. The van der Waals surface area contributed by atoms with Crippen LogP contribution in [0.15, 0.2) is 24.3 Å². The summed E-state index contributed by atoms with van der Waals surface area (Å²) < 4.78 is 36.0. The third kappa shape index (κ3) is 7.66. The predicted octanol–water partition coefficient (Wildman–Crippen LogP) is 3.95. The lowest BCUT2D eigenvalue weighted by Crippen LogP contribution is -2.16. The Morgan fingerprint density at radius 1 is 1.00 bits per heavy atom. The number of halogens is 3. The molecule has 0 aliphatic carbocycles. The van der Waals surface area contributed by atoms with Gasteiger partial charge in [0, 0.05) is 24.2 Å². The SMILES string of the molecule is CC(C)CC(=O)Nc1ccc(NC(=O)CCC(F)(F)F)cc1. The number of carbonyl (C=O) groups is 2. The van der Waals surface area contributed by atoms with Crippen LogP contribution in [0.3, 0.4) is 0 Å². The number of hydrogen-bond acceptors (Lipinski definition) is 2. The molecule has 0 heterocycles. The zero-order valence-electron chi connectivity index (χ0n) is 12.5. The molecule has 0 aliphatic rings. The molecule has 2 amide bonds. The van der Waals surface area contributed by atoms with Crippen LogP contribution in [0.2, 0.25) is 0 Å². The molecule has 122 valence electrons. The summed E-state index contributed by atoms with van der Waals surface area (Å²) in [6.07, 6.45) is -5.71. The summed E-state index contributed by atoms with van der Waals surface area (Å²) in [5.41, 5.74) is 0.952. The van der Waals surface area contributed by atoms with Gasteiger partial charge in [0.1, 0.15) is 0 Å². The van der Waals surface area contributed by atoms with Gasteiger partial charge in [-0.25, -0.2) is 0 Å². The van der Waals surface area contributed by atoms with Gasteiger partial charge in [0.15, 0.2) is 0 Å². The van der Waals surface area contributed by atoms with Crippen molar-refractivity contribution in [1.29, 1.82) is 0 Å². The third-order valence-corrected chi connectivity index (χ3v) is 2.68. The van der Waals surface area contributed by atoms with Crippen molar-refractivity contribution in [3.05, 3.63) is 24.3 Å². The Morgan fingerprint density at radius 2 is 1.45 bits per heavy atom. The Bertz CT molecular complexity index is 511. The minimum Gasteiger partial charge on any atom is -0.326 e. The van der Waals surface area contributed by atoms with Crippen LogP contribution in [-0.4, -0.2) is 18.0 Å². The smallest absolute Gasteiger partial charge is 0.326 e. The summed E-state index contributed by atoms with van der Waals surface area (Å²) >= 11 is 0. The number of nitrogens with one attached hydrogen (secondary N) is 2. The highest BCUT2D eigenvalue weighted by Crippen LogP contribution is 2.22. The van der Waals surface area contributed by atoms with Gasteiger partial charge < -0.3 is 10.6 Å². The Hall–Kier alpha value is -2.05. The van der Waals surface area contributed by atoms with Crippen molar-refractivity contribution in [1.82, 2.24) is 0 Å². The van der Waals surface area contributed by atoms with E-state index in [1.165, 1.54) is 12.1 Å². The summed E-state index contributed by atoms with van der Waals surface area (Å²) in [7, 11) is 0. The van der Waals surface area contributed by atoms with E-state index in [4.69, 9.17) is 0 Å². The van der Waals surface area contributed by atoms with Gasteiger partial charge >= 0.3 is 6.18 Å². The van der Waals surface area contributed by atoms with Crippen molar-refractivity contribution in [2.45, 2.75) is 39.3 Å². The zero-order valence-corrected chi connectivity index (χ0v) is 12.5. The van der Waals surface area contributed by atoms with Gasteiger partial charge in [0.2, 0.25) is 11.8 Å². The Morgan fingerprint density at radius 3 is 1.86 bits per heavy atom. The van der Waals surface area contributed by atoms with E-state index in [1.54, 1.807) is 12.1 Å². The maximum Gasteiger partial charge on any atom is 0.389 e. The van der Waals surface area contributed by atoms with Crippen LogP contribution < -0.4 is 10.6 Å². The maximum absolute atomic E-state index is 12.0. The summed E-state index contributed by atoms with van der Waals surface area (Å²) in [5, 5.41) is 5.07. The lowest BCUT2D eigenvalue weighted by molar-refractivity contribution is -0.142. The summed E-state index contributed by atoms with van der Waals surface area (Å²) in [6.45, 7) is 3.86. The lowest BCUT2D eigenvalue weighted by atomic mass is 10.1. The molecule has 0 fully saturated rings. The van der Waals surface area contributed by atoms with Crippen LogP contribution in [0.5, 0.6) is 0 Å². The molecule has 4 nitrogen and oxygen atoms in total. The summed E-state index contributed by atoms with van der Waals surface area (Å²) in [4.78, 5) is 22.9. The number of amides is 2. The van der Waals surface area contributed by atoms with Crippen molar-refractivity contribution >= 4 is 23.2 Å². The monoisotopic (exact) mass is 316 g/mol. The van der Waals surface area contributed by atoms with E-state index in [0.29, 0.717) is 17.8 Å². The standard InChI is InChI=1S/C15H19F3N2O2/c1-10(2)9-14(22)20-12-5-3-11(4-6-12)19-13(21)7-8-15(16,17)18/h3-6,10H,7-9H2,1-2H3,(H,19,21)(H,20,22). The number of benzene rings is 1. The minimum absolute atomic E-state index is 0.114. The second-order valence-electron chi connectivity index (χ2n) is 5.39. The van der Waals surface area contributed by atoms with Gasteiger partial charge in [-0.05, 0) is 30.2 Å². The van der Waals surface area contributed by atoms with E-state index < -0.39 is 24.9 Å². The van der Waals surface area contributed by atoms with Gasteiger partial charge in [-0.1, -0.05) is 13.8 Å². The molecule has 0 saturated heterocycles.